The summed E-state index contributed by atoms with van der Waals surface area (Å²) in [7, 11) is 0. The van der Waals surface area contributed by atoms with Gasteiger partial charge in [-0.2, -0.15) is 0 Å². The summed E-state index contributed by atoms with van der Waals surface area (Å²) in [6.45, 7) is 3.72. The Morgan fingerprint density at radius 3 is 3.08 bits per heavy atom. The van der Waals surface area contributed by atoms with Crippen LogP contribution in [0.1, 0.15) is 55.9 Å². The molecule has 0 saturated heterocycles. The van der Waals surface area contributed by atoms with Crippen molar-refractivity contribution in [3.63, 3.8) is 0 Å². The molecule has 1 aliphatic heterocycles. The Labute approximate surface area is 148 Å². The van der Waals surface area contributed by atoms with Gasteiger partial charge in [0.15, 0.2) is 0 Å². The number of carbonyl (C=O) groups excluding carboxylic acids is 1. The summed E-state index contributed by atoms with van der Waals surface area (Å²) in [6.07, 6.45) is 10.3. The summed E-state index contributed by atoms with van der Waals surface area (Å²) < 4.78 is 7.75. The summed E-state index contributed by atoms with van der Waals surface area (Å²) in [5.41, 5.74) is 1.08. The van der Waals surface area contributed by atoms with Gasteiger partial charge in [-0.15, -0.1) is 0 Å². The Bertz CT molecular complexity index is 694. The smallest absolute Gasteiger partial charge is 0.318 e. The van der Waals surface area contributed by atoms with Crippen LogP contribution in [0.25, 0.3) is 0 Å². The first-order valence-electron chi connectivity index (χ1n) is 9.37. The SMILES string of the molecule is C[C@H](c1ccco1)N(C(=O)NCCc1cn2c(n1)CCCC2)C1CC1. The predicted octanol–water partition coefficient (Wildman–Crippen LogP) is 3.29. The number of rotatable bonds is 6. The summed E-state index contributed by atoms with van der Waals surface area (Å²) in [5.74, 6) is 2.03. The van der Waals surface area contributed by atoms with Crippen LogP contribution in [-0.2, 0) is 19.4 Å². The molecule has 3 heterocycles. The van der Waals surface area contributed by atoms with Gasteiger partial charge in [0, 0.05) is 38.2 Å². The van der Waals surface area contributed by atoms with E-state index in [1.165, 1.54) is 18.7 Å². The Hall–Kier alpha value is -2.24. The van der Waals surface area contributed by atoms with Crippen LogP contribution < -0.4 is 5.32 Å². The van der Waals surface area contributed by atoms with Crippen LogP contribution in [0.15, 0.2) is 29.0 Å². The van der Waals surface area contributed by atoms with Crippen LogP contribution in [0, 0.1) is 0 Å². The van der Waals surface area contributed by atoms with Crippen LogP contribution in [0.5, 0.6) is 0 Å². The normalized spacial score (nSPS) is 17.8. The average Bonchev–Trinajstić information content (AvgIpc) is 3.13. The molecule has 6 heteroatoms. The van der Waals surface area contributed by atoms with Crippen LogP contribution in [0.3, 0.4) is 0 Å². The first-order chi connectivity index (χ1) is 12.2. The van der Waals surface area contributed by atoms with Gasteiger partial charge < -0.3 is 19.2 Å². The second-order valence-corrected chi connectivity index (χ2v) is 7.11. The highest BCUT2D eigenvalue weighted by molar-refractivity contribution is 5.75. The zero-order valence-electron chi connectivity index (χ0n) is 14.8. The lowest BCUT2D eigenvalue weighted by atomic mass is 10.2. The largest absolute Gasteiger partial charge is 0.467 e. The van der Waals surface area contributed by atoms with Crippen molar-refractivity contribution in [2.45, 2.75) is 64.1 Å². The fourth-order valence-electron chi connectivity index (χ4n) is 3.66. The lowest BCUT2D eigenvalue weighted by Crippen LogP contribution is -2.43. The molecule has 0 aromatic carbocycles. The van der Waals surface area contributed by atoms with E-state index < -0.39 is 0 Å². The number of hydrogen-bond acceptors (Lipinski definition) is 3. The molecule has 4 rings (SSSR count). The zero-order chi connectivity index (χ0) is 17.2. The van der Waals surface area contributed by atoms with E-state index >= 15 is 0 Å². The van der Waals surface area contributed by atoms with Gasteiger partial charge in [0.1, 0.15) is 11.6 Å². The molecule has 1 aliphatic carbocycles. The molecule has 0 spiro atoms. The van der Waals surface area contributed by atoms with E-state index in [1.807, 2.05) is 24.0 Å². The Morgan fingerprint density at radius 2 is 2.36 bits per heavy atom. The third kappa shape index (κ3) is 3.57. The average molecular weight is 342 g/mol. The number of aryl methyl sites for hydroxylation is 2. The summed E-state index contributed by atoms with van der Waals surface area (Å²) in [5, 5.41) is 3.07. The number of amides is 2. The number of nitrogens with one attached hydrogen (secondary N) is 1. The first kappa shape index (κ1) is 16.2. The van der Waals surface area contributed by atoms with Crippen LogP contribution >= 0.6 is 0 Å². The summed E-state index contributed by atoms with van der Waals surface area (Å²) in [6, 6.07) is 4.09. The van der Waals surface area contributed by atoms with Crippen LogP contribution in [0.4, 0.5) is 4.79 Å². The first-order valence-corrected chi connectivity index (χ1v) is 9.37. The highest BCUT2D eigenvalue weighted by Crippen LogP contribution is 2.34. The molecule has 6 nitrogen and oxygen atoms in total. The van der Waals surface area contributed by atoms with Crippen molar-refractivity contribution in [3.05, 3.63) is 41.9 Å². The van der Waals surface area contributed by atoms with E-state index in [1.54, 1.807) is 6.26 Å². The van der Waals surface area contributed by atoms with E-state index in [0.717, 1.165) is 43.7 Å². The molecule has 134 valence electrons. The maximum atomic E-state index is 12.7. The molecule has 1 saturated carbocycles. The molecule has 25 heavy (non-hydrogen) atoms. The highest BCUT2D eigenvalue weighted by atomic mass is 16.3. The van der Waals surface area contributed by atoms with E-state index in [4.69, 9.17) is 9.40 Å². The molecule has 1 N–H and O–H groups in total. The van der Waals surface area contributed by atoms with Crippen molar-refractivity contribution in [2.24, 2.45) is 0 Å². The highest BCUT2D eigenvalue weighted by Gasteiger charge is 2.37. The molecule has 0 unspecified atom stereocenters. The van der Waals surface area contributed by atoms with Crippen molar-refractivity contribution in [1.29, 1.82) is 0 Å². The molecule has 0 radical (unpaired) electrons. The summed E-state index contributed by atoms with van der Waals surface area (Å²) >= 11 is 0. The molecular formula is C19H26N4O2. The minimum Gasteiger partial charge on any atom is -0.467 e. The van der Waals surface area contributed by atoms with E-state index in [0.29, 0.717) is 12.6 Å². The third-order valence-corrected chi connectivity index (χ3v) is 5.16. The fraction of sp³-hybridized carbons (Fsp3) is 0.579. The van der Waals surface area contributed by atoms with E-state index in [2.05, 4.69) is 16.1 Å². The number of fused-ring (bicyclic) bond motifs is 1. The van der Waals surface area contributed by atoms with Crippen LogP contribution in [-0.4, -0.2) is 33.1 Å². The van der Waals surface area contributed by atoms with Crippen molar-refractivity contribution in [1.82, 2.24) is 19.8 Å². The maximum absolute atomic E-state index is 12.7. The van der Waals surface area contributed by atoms with Crippen molar-refractivity contribution in [2.75, 3.05) is 6.54 Å². The van der Waals surface area contributed by atoms with Gasteiger partial charge in [0.25, 0.3) is 0 Å². The van der Waals surface area contributed by atoms with Gasteiger partial charge in [0.05, 0.1) is 18.0 Å². The van der Waals surface area contributed by atoms with Gasteiger partial charge in [-0.3, -0.25) is 0 Å². The topological polar surface area (TPSA) is 63.3 Å². The molecule has 2 aliphatic rings. The van der Waals surface area contributed by atoms with Gasteiger partial charge in [-0.1, -0.05) is 0 Å². The molecule has 2 amide bonds. The monoisotopic (exact) mass is 342 g/mol. The zero-order valence-corrected chi connectivity index (χ0v) is 14.8. The quantitative estimate of drug-likeness (QED) is 0.876. The second-order valence-electron chi connectivity index (χ2n) is 7.11. The van der Waals surface area contributed by atoms with Crippen molar-refractivity contribution >= 4 is 6.03 Å². The second kappa shape index (κ2) is 6.94. The number of carbonyl (C=O) groups is 1. The van der Waals surface area contributed by atoms with Gasteiger partial charge in [-0.05, 0) is 44.7 Å². The van der Waals surface area contributed by atoms with Gasteiger partial charge in [-0.25, -0.2) is 9.78 Å². The summed E-state index contributed by atoms with van der Waals surface area (Å²) in [4.78, 5) is 19.3. The number of imidazole rings is 1. The molecular weight excluding hydrogens is 316 g/mol. The standard InChI is InChI=1S/C19H26N4O2/c1-14(17-5-4-12-25-17)23(16-7-8-16)19(24)20-10-9-15-13-22-11-3-2-6-18(22)21-15/h4-5,12-14,16H,2-3,6-11H2,1H3,(H,20,24)/t14-/m1/s1. The number of aromatic nitrogens is 2. The van der Waals surface area contributed by atoms with Crippen LogP contribution in [0.2, 0.25) is 0 Å². The van der Waals surface area contributed by atoms with E-state index in [9.17, 15) is 4.79 Å². The predicted molar refractivity (Wildman–Crippen MR) is 94.3 cm³/mol. The number of nitrogens with zero attached hydrogens (tertiary/aromatic N) is 3. The number of urea groups is 1. The van der Waals surface area contributed by atoms with Crippen molar-refractivity contribution in [3.8, 4) is 0 Å². The Balaban J connectivity index is 1.33. The Kier molecular flexibility index (Phi) is 4.51. The third-order valence-electron chi connectivity index (χ3n) is 5.16. The molecule has 2 aromatic heterocycles. The lowest BCUT2D eigenvalue weighted by molar-refractivity contribution is 0.166. The molecule has 1 fully saturated rings. The van der Waals surface area contributed by atoms with Gasteiger partial charge in [0.2, 0.25) is 0 Å². The van der Waals surface area contributed by atoms with Gasteiger partial charge >= 0.3 is 6.03 Å². The number of furan rings is 1. The minimum atomic E-state index is -0.0394. The fourth-order valence-corrected chi connectivity index (χ4v) is 3.66. The molecule has 1 atom stereocenters. The van der Waals surface area contributed by atoms with Crippen molar-refractivity contribution < 1.29 is 9.21 Å². The minimum absolute atomic E-state index is 0.00428. The van der Waals surface area contributed by atoms with E-state index in [-0.39, 0.29) is 12.1 Å². The Morgan fingerprint density at radius 1 is 1.48 bits per heavy atom. The molecule has 0 bridgehead atoms. The molecule has 2 aromatic rings. The maximum Gasteiger partial charge on any atom is 0.318 e. The lowest BCUT2D eigenvalue weighted by Gasteiger charge is -2.28. The number of hydrogen-bond donors (Lipinski definition) is 1.